The third-order valence-electron chi connectivity index (χ3n) is 5.50. The van der Waals surface area contributed by atoms with Crippen molar-refractivity contribution < 1.29 is 9.32 Å². The molecule has 2 saturated heterocycles. The van der Waals surface area contributed by atoms with Crippen LogP contribution in [0.25, 0.3) is 0 Å². The fourth-order valence-electron chi connectivity index (χ4n) is 4.07. The highest BCUT2D eigenvalue weighted by Gasteiger charge is 2.39. The van der Waals surface area contributed by atoms with Gasteiger partial charge in [-0.15, -0.1) is 0 Å². The second kappa shape index (κ2) is 6.33. The lowest BCUT2D eigenvalue weighted by Gasteiger charge is -2.34. The maximum Gasteiger partial charge on any atom is 0.254 e. The Labute approximate surface area is 146 Å². The van der Waals surface area contributed by atoms with Gasteiger partial charge in [0, 0.05) is 37.1 Å². The lowest BCUT2D eigenvalue weighted by Crippen LogP contribution is -2.39. The van der Waals surface area contributed by atoms with E-state index in [2.05, 4.69) is 15.0 Å². The van der Waals surface area contributed by atoms with Gasteiger partial charge < -0.3 is 9.42 Å². The summed E-state index contributed by atoms with van der Waals surface area (Å²) < 4.78 is 5.28. The third kappa shape index (κ3) is 2.89. The topological polar surface area (TPSA) is 49.6 Å². The Morgan fingerprint density at radius 1 is 1.33 bits per heavy atom. The number of rotatable bonds is 3. The van der Waals surface area contributed by atoms with Gasteiger partial charge in [0.15, 0.2) is 0 Å². The van der Waals surface area contributed by atoms with Crippen LogP contribution in [0.4, 0.5) is 0 Å². The minimum atomic E-state index is 0.197. The van der Waals surface area contributed by atoms with E-state index in [0.717, 1.165) is 49.7 Å². The van der Waals surface area contributed by atoms with Crippen molar-refractivity contribution in [3.63, 3.8) is 0 Å². The molecule has 0 unspecified atom stereocenters. The Morgan fingerprint density at radius 2 is 2.17 bits per heavy atom. The number of likely N-dealkylation sites (tertiary alicyclic amines) is 2. The smallest absolute Gasteiger partial charge is 0.254 e. The summed E-state index contributed by atoms with van der Waals surface area (Å²) in [6.45, 7) is 8.85. The Balaban J connectivity index is 1.40. The number of aryl methyl sites for hydroxylation is 2. The van der Waals surface area contributed by atoms with Crippen LogP contribution in [-0.4, -0.2) is 47.0 Å². The number of piperidine rings is 1. The average molecular weight is 345 g/mol. The van der Waals surface area contributed by atoms with Gasteiger partial charge in [-0.2, -0.15) is 11.3 Å². The minimum Gasteiger partial charge on any atom is -0.361 e. The average Bonchev–Trinajstić information content (AvgIpc) is 3.30. The molecule has 2 aliphatic heterocycles. The summed E-state index contributed by atoms with van der Waals surface area (Å²) in [5, 5.41) is 7.98. The van der Waals surface area contributed by atoms with E-state index >= 15 is 0 Å². The first-order chi connectivity index (χ1) is 11.6. The molecule has 0 spiro atoms. The normalized spacial score (nSPS) is 24.3. The number of hydrogen-bond acceptors (Lipinski definition) is 5. The van der Waals surface area contributed by atoms with E-state index in [0.29, 0.717) is 11.8 Å². The van der Waals surface area contributed by atoms with Crippen LogP contribution in [0.3, 0.4) is 0 Å². The Hall–Kier alpha value is -1.66. The van der Waals surface area contributed by atoms with Crippen LogP contribution in [0.5, 0.6) is 0 Å². The van der Waals surface area contributed by atoms with E-state index in [9.17, 15) is 4.79 Å². The molecule has 2 aromatic heterocycles. The van der Waals surface area contributed by atoms with Gasteiger partial charge in [-0.1, -0.05) is 5.16 Å². The molecule has 2 aromatic rings. The number of thiophene rings is 1. The van der Waals surface area contributed by atoms with Crippen LogP contribution in [0.15, 0.2) is 21.3 Å². The molecular formula is C18H23N3O2S. The van der Waals surface area contributed by atoms with Gasteiger partial charge in [-0.3, -0.25) is 9.69 Å². The molecule has 5 nitrogen and oxygen atoms in total. The van der Waals surface area contributed by atoms with Crippen molar-refractivity contribution in [2.75, 3.05) is 26.2 Å². The van der Waals surface area contributed by atoms with Crippen molar-refractivity contribution in [2.24, 2.45) is 11.8 Å². The van der Waals surface area contributed by atoms with Crippen LogP contribution < -0.4 is 0 Å². The monoisotopic (exact) mass is 345 g/mol. The standard InChI is InChI=1S/C18H23N3O2S/c1-12-17(13(2)23-19-12)10-20-5-3-14-8-21(9-16(14)7-20)18(22)15-4-6-24-11-15/h4,6,11,14,16H,3,5,7-10H2,1-2H3/t14-,16+/m0/s1. The molecule has 0 saturated carbocycles. The number of carbonyl (C=O) groups excluding carboxylic acids is 1. The molecule has 128 valence electrons. The molecule has 0 aliphatic carbocycles. The zero-order valence-corrected chi connectivity index (χ0v) is 15.0. The maximum absolute atomic E-state index is 12.6. The fourth-order valence-corrected chi connectivity index (χ4v) is 4.70. The van der Waals surface area contributed by atoms with Gasteiger partial charge in [0.2, 0.25) is 0 Å². The van der Waals surface area contributed by atoms with Crippen LogP contribution in [0.2, 0.25) is 0 Å². The third-order valence-corrected chi connectivity index (χ3v) is 6.19. The molecular weight excluding hydrogens is 322 g/mol. The number of hydrogen-bond donors (Lipinski definition) is 0. The molecule has 24 heavy (non-hydrogen) atoms. The number of aromatic nitrogens is 1. The van der Waals surface area contributed by atoms with E-state index < -0.39 is 0 Å². The highest BCUT2D eigenvalue weighted by atomic mass is 32.1. The van der Waals surface area contributed by atoms with Crippen LogP contribution in [0, 0.1) is 25.7 Å². The van der Waals surface area contributed by atoms with E-state index in [1.54, 1.807) is 11.3 Å². The van der Waals surface area contributed by atoms with Crippen molar-refractivity contribution in [3.8, 4) is 0 Å². The lowest BCUT2D eigenvalue weighted by atomic mass is 9.88. The molecule has 2 aliphatic rings. The van der Waals surface area contributed by atoms with E-state index in [1.165, 1.54) is 12.0 Å². The molecule has 2 fully saturated rings. The van der Waals surface area contributed by atoms with Crippen LogP contribution >= 0.6 is 11.3 Å². The van der Waals surface area contributed by atoms with E-state index in [4.69, 9.17) is 4.52 Å². The zero-order chi connectivity index (χ0) is 16.7. The van der Waals surface area contributed by atoms with Gasteiger partial charge >= 0.3 is 0 Å². The van der Waals surface area contributed by atoms with Crippen LogP contribution in [-0.2, 0) is 6.54 Å². The minimum absolute atomic E-state index is 0.197. The molecule has 4 heterocycles. The van der Waals surface area contributed by atoms with Crippen molar-refractivity contribution in [1.29, 1.82) is 0 Å². The number of amides is 1. The summed E-state index contributed by atoms with van der Waals surface area (Å²) in [6, 6.07) is 1.93. The summed E-state index contributed by atoms with van der Waals surface area (Å²) in [5.41, 5.74) is 3.05. The lowest BCUT2D eigenvalue weighted by molar-refractivity contribution is 0.0784. The second-order valence-electron chi connectivity index (χ2n) is 7.07. The highest BCUT2D eigenvalue weighted by molar-refractivity contribution is 7.08. The Morgan fingerprint density at radius 3 is 2.88 bits per heavy atom. The van der Waals surface area contributed by atoms with Crippen molar-refractivity contribution in [3.05, 3.63) is 39.4 Å². The Kier molecular flexibility index (Phi) is 4.18. The van der Waals surface area contributed by atoms with Crippen molar-refractivity contribution >= 4 is 17.2 Å². The van der Waals surface area contributed by atoms with E-state index in [-0.39, 0.29) is 5.91 Å². The predicted octanol–water partition coefficient (Wildman–Crippen LogP) is 2.95. The zero-order valence-electron chi connectivity index (χ0n) is 14.2. The number of nitrogens with zero attached hydrogens (tertiary/aromatic N) is 3. The van der Waals surface area contributed by atoms with Crippen molar-refractivity contribution in [1.82, 2.24) is 15.0 Å². The molecule has 0 aromatic carbocycles. The number of carbonyl (C=O) groups is 1. The van der Waals surface area contributed by atoms with Crippen molar-refractivity contribution in [2.45, 2.75) is 26.8 Å². The first-order valence-corrected chi connectivity index (χ1v) is 9.51. The fraction of sp³-hybridized carbons (Fsp3) is 0.556. The second-order valence-corrected chi connectivity index (χ2v) is 7.85. The summed E-state index contributed by atoms with van der Waals surface area (Å²) in [5.74, 6) is 2.36. The largest absolute Gasteiger partial charge is 0.361 e. The van der Waals surface area contributed by atoms with Gasteiger partial charge in [0.1, 0.15) is 5.76 Å². The first-order valence-electron chi connectivity index (χ1n) is 8.57. The van der Waals surface area contributed by atoms with Gasteiger partial charge in [-0.05, 0) is 50.1 Å². The maximum atomic E-state index is 12.6. The molecule has 0 bridgehead atoms. The predicted molar refractivity (Wildman–Crippen MR) is 93.1 cm³/mol. The quantitative estimate of drug-likeness (QED) is 0.858. The Bertz CT molecular complexity index is 705. The molecule has 0 N–H and O–H groups in total. The molecule has 2 atom stereocenters. The molecule has 0 radical (unpaired) electrons. The summed E-state index contributed by atoms with van der Waals surface area (Å²) in [4.78, 5) is 17.1. The highest BCUT2D eigenvalue weighted by Crippen LogP contribution is 2.33. The molecule has 1 amide bonds. The van der Waals surface area contributed by atoms with E-state index in [1.807, 2.05) is 30.7 Å². The molecule has 6 heteroatoms. The molecule has 4 rings (SSSR count). The van der Waals surface area contributed by atoms with Gasteiger partial charge in [-0.25, -0.2) is 0 Å². The summed E-state index contributed by atoms with van der Waals surface area (Å²) in [7, 11) is 0. The summed E-state index contributed by atoms with van der Waals surface area (Å²) >= 11 is 1.59. The van der Waals surface area contributed by atoms with Gasteiger partial charge in [0.05, 0.1) is 11.3 Å². The SMILES string of the molecule is Cc1noc(C)c1CN1CC[C@H]2CN(C(=O)c3ccsc3)C[C@H]2C1. The van der Waals surface area contributed by atoms with Crippen LogP contribution in [0.1, 0.15) is 33.8 Å². The number of fused-ring (bicyclic) bond motifs is 1. The summed E-state index contributed by atoms with van der Waals surface area (Å²) in [6.07, 6.45) is 1.17. The first kappa shape index (κ1) is 15.8. The van der Waals surface area contributed by atoms with Gasteiger partial charge in [0.25, 0.3) is 5.91 Å².